The molecule has 0 fully saturated rings. The van der Waals surface area contributed by atoms with Crippen molar-refractivity contribution in [2.45, 2.75) is 33.2 Å². The van der Waals surface area contributed by atoms with Gasteiger partial charge in [0.25, 0.3) is 0 Å². The van der Waals surface area contributed by atoms with Crippen molar-refractivity contribution in [3.05, 3.63) is 65.7 Å². The first-order chi connectivity index (χ1) is 11.6. The number of benzene rings is 1. The summed E-state index contributed by atoms with van der Waals surface area (Å²) in [5.74, 6) is 2.62. The van der Waals surface area contributed by atoms with Crippen LogP contribution in [0.15, 0.2) is 53.3 Å². The van der Waals surface area contributed by atoms with Crippen molar-refractivity contribution in [2.24, 2.45) is 0 Å². The van der Waals surface area contributed by atoms with Gasteiger partial charge >= 0.3 is 0 Å². The van der Waals surface area contributed by atoms with E-state index in [4.69, 9.17) is 4.42 Å². The minimum Gasteiger partial charge on any atom is -0.467 e. The molecule has 0 amide bonds. The molecular weight excluding hydrogens is 300 g/mol. The molecule has 0 aliphatic heterocycles. The highest BCUT2D eigenvalue weighted by Crippen LogP contribution is 2.29. The number of furan rings is 1. The molecule has 2 N–H and O–H groups in total. The first-order valence-electron chi connectivity index (χ1n) is 8.09. The Kier molecular flexibility index (Phi) is 4.79. The molecule has 0 bridgehead atoms. The lowest BCUT2D eigenvalue weighted by Gasteiger charge is -2.16. The normalized spacial score (nSPS) is 10.8. The van der Waals surface area contributed by atoms with Crippen LogP contribution in [0.4, 0.5) is 17.5 Å². The maximum Gasteiger partial charge on any atom is 0.229 e. The van der Waals surface area contributed by atoms with Gasteiger partial charge in [-0.15, -0.1) is 0 Å². The zero-order chi connectivity index (χ0) is 16.9. The van der Waals surface area contributed by atoms with Gasteiger partial charge in [0.2, 0.25) is 5.95 Å². The topological polar surface area (TPSA) is 63.0 Å². The molecule has 0 radical (unpaired) electrons. The van der Waals surface area contributed by atoms with E-state index in [0.29, 0.717) is 18.4 Å². The fraction of sp³-hybridized carbons (Fsp3) is 0.263. The Bertz CT molecular complexity index is 797. The zero-order valence-corrected chi connectivity index (χ0v) is 14.2. The van der Waals surface area contributed by atoms with Crippen molar-refractivity contribution < 1.29 is 4.42 Å². The van der Waals surface area contributed by atoms with E-state index in [1.165, 1.54) is 11.1 Å². The van der Waals surface area contributed by atoms with E-state index in [1.54, 1.807) is 12.5 Å². The minimum atomic E-state index is 0.424. The monoisotopic (exact) mass is 322 g/mol. The van der Waals surface area contributed by atoms with Gasteiger partial charge in [-0.05, 0) is 42.2 Å². The number of para-hydroxylation sites is 1. The highest BCUT2D eigenvalue weighted by Gasteiger charge is 2.10. The quantitative estimate of drug-likeness (QED) is 0.679. The van der Waals surface area contributed by atoms with Crippen LogP contribution in [0.1, 0.15) is 36.7 Å². The van der Waals surface area contributed by atoms with Gasteiger partial charge in [-0.2, -0.15) is 4.98 Å². The molecule has 5 nitrogen and oxygen atoms in total. The van der Waals surface area contributed by atoms with Crippen molar-refractivity contribution in [1.29, 1.82) is 0 Å². The fourth-order valence-corrected chi connectivity index (χ4v) is 2.56. The zero-order valence-electron chi connectivity index (χ0n) is 14.2. The number of rotatable bonds is 6. The van der Waals surface area contributed by atoms with Gasteiger partial charge in [-0.1, -0.05) is 32.0 Å². The summed E-state index contributed by atoms with van der Waals surface area (Å²) < 4.78 is 5.32. The molecule has 3 aromatic rings. The van der Waals surface area contributed by atoms with Crippen LogP contribution in [0, 0.1) is 6.92 Å². The molecule has 0 saturated heterocycles. The average Bonchev–Trinajstić information content (AvgIpc) is 3.08. The van der Waals surface area contributed by atoms with Gasteiger partial charge in [0.05, 0.1) is 12.8 Å². The molecule has 0 aliphatic rings. The average molecular weight is 322 g/mol. The van der Waals surface area contributed by atoms with Gasteiger partial charge in [0.1, 0.15) is 11.6 Å². The van der Waals surface area contributed by atoms with E-state index in [0.717, 1.165) is 17.3 Å². The molecule has 0 aliphatic carbocycles. The molecule has 0 saturated carbocycles. The maximum atomic E-state index is 5.32. The second-order valence-electron chi connectivity index (χ2n) is 6.02. The molecule has 0 spiro atoms. The van der Waals surface area contributed by atoms with Crippen LogP contribution in [-0.2, 0) is 6.54 Å². The van der Waals surface area contributed by atoms with Crippen LogP contribution < -0.4 is 10.6 Å². The Morgan fingerprint density at radius 2 is 2.00 bits per heavy atom. The van der Waals surface area contributed by atoms with E-state index in [-0.39, 0.29) is 0 Å². The van der Waals surface area contributed by atoms with Crippen molar-refractivity contribution >= 4 is 17.5 Å². The summed E-state index contributed by atoms with van der Waals surface area (Å²) in [4.78, 5) is 8.87. The van der Waals surface area contributed by atoms with Gasteiger partial charge in [-0.3, -0.25) is 0 Å². The van der Waals surface area contributed by atoms with Crippen LogP contribution in [0.2, 0.25) is 0 Å². The molecule has 24 heavy (non-hydrogen) atoms. The number of nitrogens with zero attached hydrogens (tertiary/aromatic N) is 2. The summed E-state index contributed by atoms with van der Waals surface area (Å²) in [5.41, 5.74) is 3.52. The number of aromatic nitrogens is 2. The highest BCUT2D eigenvalue weighted by molar-refractivity contribution is 5.64. The largest absolute Gasteiger partial charge is 0.467 e. The Morgan fingerprint density at radius 1 is 1.12 bits per heavy atom. The van der Waals surface area contributed by atoms with Crippen molar-refractivity contribution in [3.63, 3.8) is 0 Å². The summed E-state index contributed by atoms with van der Waals surface area (Å²) in [6.45, 7) is 7.04. The smallest absolute Gasteiger partial charge is 0.229 e. The SMILES string of the molecule is Cc1cccc(C(C)C)c1Nc1nccc(NCc2ccco2)n1. The Balaban J connectivity index is 1.78. The summed E-state index contributed by atoms with van der Waals surface area (Å²) in [6.07, 6.45) is 3.41. The molecule has 5 heteroatoms. The van der Waals surface area contributed by atoms with Crippen molar-refractivity contribution in [1.82, 2.24) is 9.97 Å². The third kappa shape index (κ3) is 3.74. The Morgan fingerprint density at radius 3 is 2.75 bits per heavy atom. The van der Waals surface area contributed by atoms with Crippen molar-refractivity contribution in [2.75, 3.05) is 10.6 Å². The van der Waals surface area contributed by atoms with Crippen molar-refractivity contribution in [3.8, 4) is 0 Å². The van der Waals surface area contributed by atoms with Gasteiger partial charge in [0, 0.05) is 11.9 Å². The molecule has 3 rings (SSSR count). The third-order valence-electron chi connectivity index (χ3n) is 3.84. The summed E-state index contributed by atoms with van der Waals surface area (Å²) in [7, 11) is 0. The lowest BCUT2D eigenvalue weighted by Crippen LogP contribution is -2.06. The van der Waals surface area contributed by atoms with E-state index < -0.39 is 0 Å². The molecule has 2 heterocycles. The fourth-order valence-electron chi connectivity index (χ4n) is 2.56. The van der Waals surface area contributed by atoms with Gasteiger partial charge in [-0.25, -0.2) is 4.98 Å². The first kappa shape index (κ1) is 16.1. The lowest BCUT2D eigenvalue weighted by molar-refractivity contribution is 0.518. The molecule has 2 aromatic heterocycles. The van der Waals surface area contributed by atoms with Crippen LogP contribution in [0.3, 0.4) is 0 Å². The highest BCUT2D eigenvalue weighted by atomic mass is 16.3. The predicted octanol–water partition coefficient (Wildman–Crippen LogP) is 4.86. The molecule has 0 unspecified atom stereocenters. The number of anilines is 3. The summed E-state index contributed by atoms with van der Waals surface area (Å²) >= 11 is 0. The van der Waals surface area contributed by atoms with Crippen LogP contribution in [0.5, 0.6) is 0 Å². The second kappa shape index (κ2) is 7.17. The third-order valence-corrected chi connectivity index (χ3v) is 3.84. The molecule has 124 valence electrons. The van der Waals surface area contributed by atoms with E-state index in [2.05, 4.69) is 59.6 Å². The molecule has 0 atom stereocenters. The predicted molar refractivity (Wildman–Crippen MR) is 96.6 cm³/mol. The number of hydrogen-bond acceptors (Lipinski definition) is 5. The number of aryl methyl sites for hydroxylation is 1. The van der Waals surface area contributed by atoms with E-state index in [1.807, 2.05) is 18.2 Å². The standard InChI is InChI=1S/C19H22N4O/c1-13(2)16-8-4-6-14(3)18(16)23-19-20-10-9-17(22-19)21-12-15-7-5-11-24-15/h4-11,13H,12H2,1-3H3,(H2,20,21,22,23). The van der Waals surface area contributed by atoms with E-state index in [9.17, 15) is 0 Å². The van der Waals surface area contributed by atoms with Gasteiger partial charge < -0.3 is 15.1 Å². The van der Waals surface area contributed by atoms with Crippen LogP contribution >= 0.6 is 0 Å². The Hall–Kier alpha value is -2.82. The van der Waals surface area contributed by atoms with Crippen LogP contribution in [0.25, 0.3) is 0 Å². The Labute approximate surface area is 142 Å². The minimum absolute atomic E-state index is 0.424. The number of hydrogen-bond donors (Lipinski definition) is 2. The second-order valence-corrected chi connectivity index (χ2v) is 6.02. The molecule has 1 aromatic carbocycles. The van der Waals surface area contributed by atoms with Crippen LogP contribution in [-0.4, -0.2) is 9.97 Å². The van der Waals surface area contributed by atoms with Gasteiger partial charge in [0.15, 0.2) is 0 Å². The summed E-state index contributed by atoms with van der Waals surface area (Å²) in [5, 5.41) is 6.61. The molecular formula is C19H22N4O. The maximum absolute atomic E-state index is 5.32. The summed E-state index contributed by atoms with van der Waals surface area (Å²) in [6, 6.07) is 11.9. The van der Waals surface area contributed by atoms with E-state index >= 15 is 0 Å². The lowest BCUT2D eigenvalue weighted by atomic mass is 9.98. The first-order valence-corrected chi connectivity index (χ1v) is 8.09. The number of nitrogens with one attached hydrogen (secondary N) is 2.